The van der Waals surface area contributed by atoms with Gasteiger partial charge in [-0.2, -0.15) is 0 Å². The lowest BCUT2D eigenvalue weighted by atomic mass is 9.83. The van der Waals surface area contributed by atoms with Gasteiger partial charge in [0.2, 0.25) is 0 Å². The summed E-state index contributed by atoms with van der Waals surface area (Å²) in [5.41, 5.74) is 0.460. The van der Waals surface area contributed by atoms with Gasteiger partial charge in [-0.3, -0.25) is 0 Å². The first-order chi connectivity index (χ1) is 8.86. The average molecular weight is 284 g/mol. The Kier molecular flexibility index (Phi) is 6.02. The van der Waals surface area contributed by atoms with E-state index in [4.69, 9.17) is 11.6 Å². The molecular formula is C16H23ClFN. The van der Waals surface area contributed by atoms with Gasteiger partial charge in [-0.15, -0.1) is 6.58 Å². The van der Waals surface area contributed by atoms with Gasteiger partial charge in [0.25, 0.3) is 0 Å². The van der Waals surface area contributed by atoms with Crippen LogP contribution in [0.2, 0.25) is 5.02 Å². The zero-order valence-corrected chi connectivity index (χ0v) is 12.7. The normalized spacial score (nSPS) is 14.4. The fourth-order valence-electron chi connectivity index (χ4n) is 1.97. The number of benzene rings is 1. The highest BCUT2D eigenvalue weighted by atomic mass is 35.5. The second kappa shape index (κ2) is 7.06. The molecule has 0 aliphatic rings. The third kappa shape index (κ3) is 5.33. The highest BCUT2D eigenvalue weighted by Crippen LogP contribution is 2.26. The van der Waals surface area contributed by atoms with Gasteiger partial charge in [0, 0.05) is 17.0 Å². The van der Waals surface area contributed by atoms with E-state index in [-0.39, 0.29) is 11.2 Å². The first kappa shape index (κ1) is 16.2. The molecule has 1 N–H and O–H groups in total. The Morgan fingerprint density at radius 1 is 1.47 bits per heavy atom. The molecule has 0 aromatic heterocycles. The summed E-state index contributed by atoms with van der Waals surface area (Å²) >= 11 is 5.93. The summed E-state index contributed by atoms with van der Waals surface area (Å²) < 4.78 is 13.8. The number of hydrogen-bond acceptors (Lipinski definition) is 1. The van der Waals surface area contributed by atoms with Crippen molar-refractivity contribution in [3.05, 3.63) is 47.3 Å². The zero-order chi connectivity index (χ0) is 14.5. The van der Waals surface area contributed by atoms with E-state index in [0.717, 1.165) is 13.1 Å². The minimum atomic E-state index is -0.207. The summed E-state index contributed by atoms with van der Waals surface area (Å²) in [6.07, 6.45) is 2.48. The van der Waals surface area contributed by atoms with E-state index in [0.29, 0.717) is 22.9 Å². The molecule has 19 heavy (non-hydrogen) atoms. The maximum atomic E-state index is 13.8. The molecule has 1 aromatic rings. The fourth-order valence-corrected chi connectivity index (χ4v) is 2.16. The quantitative estimate of drug-likeness (QED) is 0.729. The van der Waals surface area contributed by atoms with Crippen LogP contribution in [0.25, 0.3) is 0 Å². The van der Waals surface area contributed by atoms with Crippen LogP contribution in [-0.4, -0.2) is 13.1 Å². The average Bonchev–Trinajstić information content (AvgIpc) is 2.33. The van der Waals surface area contributed by atoms with Crippen molar-refractivity contribution < 1.29 is 4.39 Å². The largest absolute Gasteiger partial charge is 0.316 e. The van der Waals surface area contributed by atoms with Crippen LogP contribution < -0.4 is 5.32 Å². The Balaban J connectivity index is 2.74. The summed E-state index contributed by atoms with van der Waals surface area (Å²) in [4.78, 5) is 0. The maximum absolute atomic E-state index is 13.8. The van der Waals surface area contributed by atoms with Crippen LogP contribution in [0.15, 0.2) is 30.9 Å². The van der Waals surface area contributed by atoms with Crippen molar-refractivity contribution in [1.82, 2.24) is 5.32 Å². The predicted octanol–water partition coefficient (Wildman–Crippen LogP) is 4.46. The highest BCUT2D eigenvalue weighted by Gasteiger charge is 2.22. The molecule has 0 radical (unpaired) electrons. The van der Waals surface area contributed by atoms with Crippen LogP contribution in [0.3, 0.4) is 0 Å². The molecule has 1 rings (SSSR count). The minimum Gasteiger partial charge on any atom is -0.316 e. The molecule has 1 atom stereocenters. The summed E-state index contributed by atoms with van der Waals surface area (Å²) in [5, 5.41) is 3.97. The van der Waals surface area contributed by atoms with Crippen molar-refractivity contribution in [1.29, 1.82) is 0 Å². The van der Waals surface area contributed by atoms with Crippen LogP contribution in [0.4, 0.5) is 4.39 Å². The standard InChI is InChI=1S/C16H23ClFN/c1-5-16(4,11-19-10-12(2)3)9-13-8-14(17)6-7-15(13)18/h5-8,12,19H,1,9-11H2,2-4H3. The van der Waals surface area contributed by atoms with E-state index in [2.05, 4.69) is 32.7 Å². The molecule has 0 bridgehead atoms. The Labute approximate surface area is 120 Å². The molecule has 1 aromatic carbocycles. The third-order valence-electron chi connectivity index (χ3n) is 3.18. The molecule has 0 aliphatic heterocycles. The molecule has 0 saturated heterocycles. The lowest BCUT2D eigenvalue weighted by Gasteiger charge is -2.27. The number of nitrogens with one attached hydrogen (secondary N) is 1. The molecule has 3 heteroatoms. The van der Waals surface area contributed by atoms with Crippen molar-refractivity contribution in [2.24, 2.45) is 11.3 Å². The molecule has 0 saturated carbocycles. The van der Waals surface area contributed by atoms with Crippen molar-refractivity contribution >= 4 is 11.6 Å². The molecule has 0 fully saturated rings. The molecule has 0 aliphatic carbocycles. The number of halogens is 2. The fraction of sp³-hybridized carbons (Fsp3) is 0.500. The smallest absolute Gasteiger partial charge is 0.126 e. The summed E-state index contributed by atoms with van der Waals surface area (Å²) in [5.74, 6) is 0.387. The highest BCUT2D eigenvalue weighted by molar-refractivity contribution is 6.30. The van der Waals surface area contributed by atoms with E-state index in [1.165, 1.54) is 6.07 Å². The molecule has 0 amide bonds. The van der Waals surface area contributed by atoms with Gasteiger partial charge in [0.05, 0.1) is 0 Å². The van der Waals surface area contributed by atoms with Crippen molar-refractivity contribution in [3.8, 4) is 0 Å². The topological polar surface area (TPSA) is 12.0 Å². The summed E-state index contributed by atoms with van der Waals surface area (Å²) in [6, 6.07) is 4.69. The van der Waals surface area contributed by atoms with Gasteiger partial charge < -0.3 is 5.32 Å². The maximum Gasteiger partial charge on any atom is 0.126 e. The summed E-state index contributed by atoms with van der Waals surface area (Å²) in [7, 11) is 0. The third-order valence-corrected chi connectivity index (χ3v) is 3.41. The molecule has 1 nitrogen and oxygen atoms in total. The van der Waals surface area contributed by atoms with E-state index in [1.807, 2.05) is 6.08 Å². The molecule has 0 spiro atoms. The SMILES string of the molecule is C=CC(C)(CNCC(C)C)Cc1cc(Cl)ccc1F. The monoisotopic (exact) mass is 283 g/mol. The molecule has 0 heterocycles. The predicted molar refractivity (Wildman–Crippen MR) is 81.1 cm³/mol. The van der Waals surface area contributed by atoms with Gasteiger partial charge in [0.1, 0.15) is 5.82 Å². The lowest BCUT2D eigenvalue weighted by Crippen LogP contribution is -2.34. The molecular weight excluding hydrogens is 261 g/mol. The van der Waals surface area contributed by atoms with Gasteiger partial charge in [-0.05, 0) is 42.6 Å². The Morgan fingerprint density at radius 2 is 2.16 bits per heavy atom. The number of hydrogen-bond donors (Lipinski definition) is 1. The van der Waals surface area contributed by atoms with Crippen molar-refractivity contribution in [2.45, 2.75) is 27.2 Å². The van der Waals surface area contributed by atoms with Crippen LogP contribution in [0.5, 0.6) is 0 Å². The Morgan fingerprint density at radius 3 is 2.74 bits per heavy atom. The lowest BCUT2D eigenvalue weighted by molar-refractivity contribution is 0.372. The first-order valence-electron chi connectivity index (χ1n) is 6.64. The second-order valence-electron chi connectivity index (χ2n) is 5.80. The summed E-state index contributed by atoms with van der Waals surface area (Å²) in [6.45, 7) is 12.0. The van der Waals surface area contributed by atoms with Crippen LogP contribution >= 0.6 is 11.6 Å². The Hall–Kier alpha value is -0.860. The van der Waals surface area contributed by atoms with Crippen molar-refractivity contribution in [2.75, 3.05) is 13.1 Å². The van der Waals surface area contributed by atoms with Crippen LogP contribution in [0, 0.1) is 17.2 Å². The minimum absolute atomic E-state index is 0.180. The van der Waals surface area contributed by atoms with Gasteiger partial charge in [0.15, 0.2) is 0 Å². The number of rotatable bonds is 7. The van der Waals surface area contributed by atoms with E-state index in [1.54, 1.807) is 12.1 Å². The zero-order valence-electron chi connectivity index (χ0n) is 12.0. The molecule has 1 unspecified atom stereocenters. The van der Waals surface area contributed by atoms with Gasteiger partial charge in [-0.25, -0.2) is 4.39 Å². The van der Waals surface area contributed by atoms with E-state index in [9.17, 15) is 4.39 Å². The van der Waals surface area contributed by atoms with Crippen LogP contribution in [0.1, 0.15) is 26.3 Å². The van der Waals surface area contributed by atoms with Crippen LogP contribution in [-0.2, 0) is 6.42 Å². The second-order valence-corrected chi connectivity index (χ2v) is 6.23. The van der Waals surface area contributed by atoms with Gasteiger partial charge in [-0.1, -0.05) is 38.4 Å². The van der Waals surface area contributed by atoms with E-state index < -0.39 is 0 Å². The Bertz CT molecular complexity index is 431. The van der Waals surface area contributed by atoms with Gasteiger partial charge >= 0.3 is 0 Å². The first-order valence-corrected chi connectivity index (χ1v) is 7.02. The van der Waals surface area contributed by atoms with Crippen molar-refractivity contribution in [3.63, 3.8) is 0 Å². The molecule has 106 valence electrons. The van der Waals surface area contributed by atoms with E-state index >= 15 is 0 Å².